The molecule has 2 amide bonds. The molecule has 2 atom stereocenters. The zero-order valence-electron chi connectivity index (χ0n) is 24.3. The van der Waals surface area contributed by atoms with E-state index in [1.54, 1.807) is 24.0 Å². The number of nitrogens with zero attached hydrogens (tertiary/aromatic N) is 1. The van der Waals surface area contributed by atoms with Gasteiger partial charge in [-0.25, -0.2) is 4.39 Å². The second-order valence-electron chi connectivity index (χ2n) is 11.6. The molecule has 0 spiro atoms. The molecule has 2 aliphatic rings. The van der Waals surface area contributed by atoms with Crippen LogP contribution in [0.4, 0.5) is 23.2 Å². The van der Waals surface area contributed by atoms with Gasteiger partial charge in [0, 0.05) is 25.4 Å². The fourth-order valence-corrected chi connectivity index (χ4v) is 6.33. The summed E-state index contributed by atoms with van der Waals surface area (Å²) in [6.45, 7) is 4.85. The number of nitrogens with one attached hydrogen (secondary N) is 1. The third-order valence-electron chi connectivity index (χ3n) is 8.66. The number of aryl methyl sites for hydroxylation is 2. The minimum atomic E-state index is -4.56. The van der Waals surface area contributed by atoms with E-state index in [9.17, 15) is 27.2 Å². The van der Waals surface area contributed by atoms with Crippen LogP contribution in [0.2, 0.25) is 0 Å². The number of carbonyl (C=O) groups excluding carboxylic acids is 2. The van der Waals surface area contributed by atoms with E-state index in [1.165, 1.54) is 25.1 Å². The van der Waals surface area contributed by atoms with Crippen molar-refractivity contribution in [1.82, 2.24) is 4.90 Å². The second-order valence-corrected chi connectivity index (χ2v) is 11.6. The van der Waals surface area contributed by atoms with E-state index >= 15 is 0 Å². The average molecular weight is 597 g/mol. The van der Waals surface area contributed by atoms with Gasteiger partial charge in [0.1, 0.15) is 5.82 Å². The highest BCUT2D eigenvalue weighted by molar-refractivity contribution is 5.98. The molecule has 9 heteroatoms. The van der Waals surface area contributed by atoms with Crippen molar-refractivity contribution < 1.29 is 31.9 Å². The maximum atomic E-state index is 14.9. The van der Waals surface area contributed by atoms with Crippen LogP contribution in [-0.2, 0) is 22.1 Å². The molecule has 2 fully saturated rings. The molecule has 0 radical (unpaired) electrons. The first-order valence-electron chi connectivity index (χ1n) is 14.7. The quantitative estimate of drug-likeness (QED) is 0.297. The Bertz CT molecular complexity index is 1450. The van der Waals surface area contributed by atoms with Crippen LogP contribution in [0.3, 0.4) is 0 Å². The number of rotatable bonds is 6. The van der Waals surface area contributed by atoms with Gasteiger partial charge in [0.15, 0.2) is 0 Å². The van der Waals surface area contributed by atoms with Crippen molar-refractivity contribution >= 4 is 17.5 Å². The normalized spacial score (nSPS) is 19.7. The molecule has 0 aromatic heterocycles. The van der Waals surface area contributed by atoms with E-state index in [0.29, 0.717) is 30.9 Å². The molecular weight excluding hydrogens is 560 g/mol. The van der Waals surface area contributed by atoms with Gasteiger partial charge in [-0.05, 0) is 92.3 Å². The molecule has 5 rings (SSSR count). The molecule has 0 saturated carbocycles. The zero-order chi connectivity index (χ0) is 30.7. The molecule has 2 heterocycles. The van der Waals surface area contributed by atoms with Crippen LogP contribution >= 0.6 is 0 Å². The van der Waals surface area contributed by atoms with Gasteiger partial charge in [-0.3, -0.25) is 9.59 Å². The smallest absolute Gasteiger partial charge is 0.381 e. The first-order valence-corrected chi connectivity index (χ1v) is 14.7. The van der Waals surface area contributed by atoms with Crippen molar-refractivity contribution in [2.45, 2.75) is 58.2 Å². The molecule has 43 heavy (non-hydrogen) atoms. The molecular formula is C34H36F4N2O3. The number of halogens is 4. The number of carbonyl (C=O) groups is 2. The monoisotopic (exact) mass is 596 g/mol. The van der Waals surface area contributed by atoms with E-state index in [1.807, 2.05) is 24.3 Å². The maximum Gasteiger partial charge on any atom is 0.416 e. The van der Waals surface area contributed by atoms with Crippen molar-refractivity contribution in [1.29, 1.82) is 0 Å². The van der Waals surface area contributed by atoms with Crippen LogP contribution in [0.5, 0.6) is 0 Å². The molecule has 0 bridgehead atoms. The van der Waals surface area contributed by atoms with Crippen molar-refractivity contribution in [2.75, 3.05) is 25.1 Å². The number of alkyl halides is 3. The summed E-state index contributed by atoms with van der Waals surface area (Å²) in [5.41, 5.74) is 1.56. The summed E-state index contributed by atoms with van der Waals surface area (Å²) in [4.78, 5) is 29.2. The first kappa shape index (κ1) is 30.7. The summed E-state index contributed by atoms with van der Waals surface area (Å²) in [7, 11) is 0. The van der Waals surface area contributed by atoms with Crippen LogP contribution in [0.25, 0.3) is 0 Å². The molecule has 3 aromatic carbocycles. The predicted molar refractivity (Wildman–Crippen MR) is 156 cm³/mol. The number of hydrogen-bond donors (Lipinski definition) is 1. The number of likely N-dealkylation sites (tertiary alicyclic amines) is 1. The zero-order valence-corrected chi connectivity index (χ0v) is 24.3. The Labute approximate surface area is 249 Å². The van der Waals surface area contributed by atoms with Gasteiger partial charge in [-0.2, -0.15) is 13.2 Å². The Morgan fingerprint density at radius 1 is 0.953 bits per heavy atom. The fraction of sp³-hybridized carbons (Fsp3) is 0.412. The van der Waals surface area contributed by atoms with Crippen LogP contribution in [0.1, 0.15) is 69.9 Å². The minimum absolute atomic E-state index is 0.0295. The van der Waals surface area contributed by atoms with Gasteiger partial charge in [-0.1, -0.05) is 42.5 Å². The lowest BCUT2D eigenvalue weighted by Crippen LogP contribution is -2.46. The Morgan fingerprint density at radius 3 is 2.35 bits per heavy atom. The van der Waals surface area contributed by atoms with Gasteiger partial charge >= 0.3 is 6.18 Å². The summed E-state index contributed by atoms with van der Waals surface area (Å²) in [6.07, 6.45) is -0.788. The molecule has 3 aromatic rings. The van der Waals surface area contributed by atoms with Crippen molar-refractivity contribution in [2.24, 2.45) is 11.8 Å². The Kier molecular flexibility index (Phi) is 9.20. The van der Waals surface area contributed by atoms with E-state index < -0.39 is 41.3 Å². The van der Waals surface area contributed by atoms with Gasteiger partial charge in [0.2, 0.25) is 5.91 Å². The van der Waals surface area contributed by atoms with Crippen LogP contribution in [0, 0.1) is 31.5 Å². The van der Waals surface area contributed by atoms with E-state index in [4.69, 9.17) is 4.74 Å². The fourth-order valence-electron chi connectivity index (χ4n) is 6.33. The Morgan fingerprint density at radius 2 is 1.67 bits per heavy atom. The number of piperidine rings is 1. The third kappa shape index (κ3) is 6.93. The Hall–Kier alpha value is -3.72. The molecule has 0 aliphatic carbocycles. The molecule has 5 nitrogen and oxygen atoms in total. The number of benzene rings is 3. The number of ether oxygens (including phenoxy) is 1. The lowest BCUT2D eigenvalue weighted by molar-refractivity contribution is -0.138. The number of amides is 2. The van der Waals surface area contributed by atoms with Crippen LogP contribution < -0.4 is 5.32 Å². The van der Waals surface area contributed by atoms with Crippen molar-refractivity contribution in [3.63, 3.8) is 0 Å². The van der Waals surface area contributed by atoms with Gasteiger partial charge < -0.3 is 15.0 Å². The molecule has 2 saturated heterocycles. The summed E-state index contributed by atoms with van der Waals surface area (Å²) < 4.78 is 61.1. The van der Waals surface area contributed by atoms with Gasteiger partial charge in [-0.15, -0.1) is 0 Å². The molecule has 228 valence electrons. The standard InChI is InChI=1S/C34H36F4N2O3/c1-21-8-13-26(20-28(21)34(36,37)38)39-32(41)27-6-4-16-40(33(42)30-22(2)5-3-7-29(30)35)31(27)25-11-9-23(10-12-25)19-24-14-17-43-18-15-24/h3,5,7-13,20,24,27,31H,4,6,14-19H2,1-2H3,(H,39,41)/t27-,31-/m1/s1. The summed E-state index contributed by atoms with van der Waals surface area (Å²) in [5, 5.41) is 2.68. The molecule has 2 aliphatic heterocycles. The predicted octanol–water partition coefficient (Wildman–Crippen LogP) is 7.66. The van der Waals surface area contributed by atoms with Gasteiger partial charge in [0.05, 0.1) is 23.1 Å². The average Bonchev–Trinajstić information content (AvgIpc) is 2.98. The third-order valence-corrected chi connectivity index (χ3v) is 8.66. The van der Waals surface area contributed by atoms with Crippen molar-refractivity contribution in [3.8, 4) is 0 Å². The maximum absolute atomic E-state index is 14.9. The van der Waals surface area contributed by atoms with Crippen molar-refractivity contribution in [3.05, 3.63) is 99.9 Å². The van der Waals surface area contributed by atoms with E-state index in [-0.39, 0.29) is 16.8 Å². The largest absolute Gasteiger partial charge is 0.416 e. The Balaban J connectivity index is 1.47. The van der Waals surface area contributed by atoms with Crippen LogP contribution in [-0.4, -0.2) is 36.5 Å². The van der Waals surface area contributed by atoms with E-state index in [0.717, 1.165) is 49.7 Å². The molecule has 0 unspecified atom stereocenters. The highest BCUT2D eigenvalue weighted by atomic mass is 19.4. The number of anilines is 1. The van der Waals surface area contributed by atoms with Crippen LogP contribution in [0.15, 0.2) is 60.7 Å². The number of hydrogen-bond acceptors (Lipinski definition) is 3. The lowest BCUT2D eigenvalue weighted by atomic mass is 9.82. The lowest BCUT2D eigenvalue weighted by Gasteiger charge is -2.41. The summed E-state index contributed by atoms with van der Waals surface area (Å²) in [6, 6.07) is 15.2. The first-order chi connectivity index (χ1) is 20.5. The van der Waals surface area contributed by atoms with Gasteiger partial charge in [0.25, 0.3) is 5.91 Å². The second kappa shape index (κ2) is 12.9. The minimum Gasteiger partial charge on any atom is -0.381 e. The molecule has 1 N–H and O–H groups in total. The topological polar surface area (TPSA) is 58.6 Å². The highest BCUT2D eigenvalue weighted by Gasteiger charge is 2.41. The summed E-state index contributed by atoms with van der Waals surface area (Å²) in [5.74, 6) is -1.88. The van der Waals surface area contributed by atoms with E-state index in [2.05, 4.69) is 5.32 Å². The summed E-state index contributed by atoms with van der Waals surface area (Å²) >= 11 is 0. The SMILES string of the molecule is Cc1ccc(NC(=O)[C@@H]2CCCN(C(=O)c3c(C)cccc3F)[C@@H]2c2ccc(CC3CCOCC3)cc2)cc1C(F)(F)F. The highest BCUT2D eigenvalue weighted by Crippen LogP contribution is 2.39.